The van der Waals surface area contributed by atoms with Crippen LogP contribution in [0.3, 0.4) is 0 Å². The van der Waals surface area contributed by atoms with Crippen molar-refractivity contribution in [3.63, 3.8) is 0 Å². The van der Waals surface area contributed by atoms with Crippen LogP contribution in [0.2, 0.25) is 0 Å². The lowest BCUT2D eigenvalue weighted by molar-refractivity contribution is -0.0131. The fourth-order valence-corrected chi connectivity index (χ4v) is 0.258. The zero-order chi connectivity index (χ0) is 6.62. The maximum absolute atomic E-state index is 5.14. The van der Waals surface area contributed by atoms with E-state index in [4.69, 9.17) is 10.6 Å². The van der Waals surface area contributed by atoms with Crippen molar-refractivity contribution in [2.75, 3.05) is 6.73 Å². The topological polar surface area (TPSA) is 47.3 Å². The van der Waals surface area contributed by atoms with Crippen LogP contribution in [0.4, 0.5) is 0 Å². The van der Waals surface area contributed by atoms with Crippen LogP contribution in [0.15, 0.2) is 0 Å². The van der Waals surface area contributed by atoms with E-state index in [0.29, 0.717) is 6.73 Å². The molecule has 0 saturated carbocycles. The van der Waals surface area contributed by atoms with Crippen molar-refractivity contribution in [3.8, 4) is 0 Å². The zero-order valence-corrected chi connectivity index (χ0v) is 5.69. The third-order valence-corrected chi connectivity index (χ3v) is 0.589. The molecule has 0 saturated heterocycles. The molecule has 0 heterocycles. The quantitative estimate of drug-likeness (QED) is 0.310. The van der Waals surface area contributed by atoms with E-state index >= 15 is 0 Å². The molecule has 3 heteroatoms. The predicted molar refractivity (Wildman–Crippen MR) is 33.0 cm³/mol. The summed E-state index contributed by atoms with van der Waals surface area (Å²) in [6, 6.07) is 0. The average Bonchev–Trinajstić information content (AvgIpc) is 1.59. The average molecular weight is 118 g/mol. The van der Waals surface area contributed by atoms with Crippen LogP contribution in [0, 0.1) is 0 Å². The highest BCUT2D eigenvalue weighted by molar-refractivity contribution is 4.56. The second kappa shape index (κ2) is 3.02. The van der Waals surface area contributed by atoms with Gasteiger partial charge in [0.05, 0.1) is 5.60 Å². The molecule has 0 fully saturated rings. The maximum atomic E-state index is 5.14. The van der Waals surface area contributed by atoms with Gasteiger partial charge in [0.25, 0.3) is 0 Å². The summed E-state index contributed by atoms with van der Waals surface area (Å²) in [7, 11) is 0. The Morgan fingerprint density at radius 3 is 2.12 bits per heavy atom. The summed E-state index contributed by atoms with van der Waals surface area (Å²) in [5.41, 5.74) is 2.31. The van der Waals surface area contributed by atoms with E-state index in [1.54, 1.807) is 0 Å². The van der Waals surface area contributed by atoms with E-state index in [1.807, 2.05) is 20.8 Å². The van der Waals surface area contributed by atoms with Gasteiger partial charge in [-0.05, 0) is 20.8 Å². The Hall–Kier alpha value is -0.120. The third kappa shape index (κ3) is 5.88. The Bertz CT molecular complexity index is 57.9. The normalized spacial score (nSPS) is 12.0. The Balaban J connectivity index is 3.11. The standard InChI is InChI=1S/C5H14N2O/c1-5(2,3)8-4-7-6/h7H,4,6H2,1-3H3. The number of nitrogens with two attached hydrogens (primary N) is 1. The molecule has 3 N–H and O–H groups in total. The lowest BCUT2D eigenvalue weighted by Crippen LogP contribution is -2.31. The minimum Gasteiger partial charge on any atom is -0.359 e. The van der Waals surface area contributed by atoms with Gasteiger partial charge in [-0.3, -0.25) is 5.84 Å². The van der Waals surface area contributed by atoms with Gasteiger partial charge in [-0.15, -0.1) is 0 Å². The van der Waals surface area contributed by atoms with E-state index in [0.717, 1.165) is 0 Å². The van der Waals surface area contributed by atoms with E-state index in [9.17, 15) is 0 Å². The molecule has 0 atom stereocenters. The summed E-state index contributed by atoms with van der Waals surface area (Å²) >= 11 is 0. The molecule has 0 aliphatic rings. The third-order valence-electron chi connectivity index (χ3n) is 0.589. The van der Waals surface area contributed by atoms with Crippen LogP contribution in [0.5, 0.6) is 0 Å². The molecule has 0 amide bonds. The van der Waals surface area contributed by atoms with Gasteiger partial charge < -0.3 is 4.74 Å². The van der Waals surface area contributed by atoms with Crippen molar-refractivity contribution < 1.29 is 4.74 Å². The van der Waals surface area contributed by atoms with Gasteiger partial charge in [0.15, 0.2) is 0 Å². The largest absolute Gasteiger partial charge is 0.359 e. The van der Waals surface area contributed by atoms with Crippen molar-refractivity contribution in [2.24, 2.45) is 5.84 Å². The monoisotopic (exact) mass is 118 g/mol. The summed E-state index contributed by atoms with van der Waals surface area (Å²) in [4.78, 5) is 0. The van der Waals surface area contributed by atoms with Crippen LogP contribution >= 0.6 is 0 Å². The number of hydrogen-bond donors (Lipinski definition) is 2. The summed E-state index contributed by atoms with van der Waals surface area (Å²) in [5, 5.41) is 0. The van der Waals surface area contributed by atoms with Crippen molar-refractivity contribution in [1.29, 1.82) is 0 Å². The van der Waals surface area contributed by atoms with E-state index in [-0.39, 0.29) is 5.60 Å². The Labute approximate surface area is 50.2 Å². The first-order valence-corrected chi connectivity index (χ1v) is 2.64. The SMILES string of the molecule is CC(C)(C)OCNN. The number of nitrogens with one attached hydrogen (secondary N) is 1. The highest BCUT2D eigenvalue weighted by Gasteiger charge is 2.07. The fourth-order valence-electron chi connectivity index (χ4n) is 0.258. The molecule has 0 aliphatic carbocycles. The summed E-state index contributed by atoms with van der Waals surface area (Å²) < 4.78 is 5.14. The molecular weight excluding hydrogens is 104 g/mol. The van der Waals surface area contributed by atoms with Gasteiger partial charge in [-0.1, -0.05) is 0 Å². The van der Waals surface area contributed by atoms with Gasteiger partial charge in [-0.2, -0.15) is 0 Å². The minimum atomic E-state index is -0.0909. The molecule has 50 valence electrons. The molecule has 0 spiro atoms. The molecule has 8 heavy (non-hydrogen) atoms. The maximum Gasteiger partial charge on any atom is 0.109 e. The second-order valence-corrected chi connectivity index (χ2v) is 2.61. The van der Waals surface area contributed by atoms with E-state index in [1.165, 1.54) is 0 Å². The molecule has 0 rings (SSSR count). The number of ether oxygens (including phenoxy) is 1. The van der Waals surface area contributed by atoms with E-state index in [2.05, 4.69) is 5.43 Å². The van der Waals surface area contributed by atoms with Crippen LogP contribution < -0.4 is 11.3 Å². The van der Waals surface area contributed by atoms with Gasteiger partial charge >= 0.3 is 0 Å². The Kier molecular flexibility index (Phi) is 2.97. The smallest absolute Gasteiger partial charge is 0.109 e. The highest BCUT2D eigenvalue weighted by atomic mass is 16.5. The molecule has 0 aromatic heterocycles. The van der Waals surface area contributed by atoms with Crippen LogP contribution in [-0.4, -0.2) is 12.3 Å². The number of hydrazine groups is 1. The Morgan fingerprint density at radius 1 is 1.50 bits per heavy atom. The van der Waals surface area contributed by atoms with E-state index < -0.39 is 0 Å². The van der Waals surface area contributed by atoms with Gasteiger partial charge in [0.1, 0.15) is 6.73 Å². The highest BCUT2D eigenvalue weighted by Crippen LogP contribution is 2.03. The van der Waals surface area contributed by atoms with Crippen LogP contribution in [-0.2, 0) is 4.74 Å². The lowest BCUT2D eigenvalue weighted by atomic mass is 10.2. The van der Waals surface area contributed by atoms with Gasteiger partial charge in [-0.25, -0.2) is 5.43 Å². The second-order valence-electron chi connectivity index (χ2n) is 2.61. The zero-order valence-electron chi connectivity index (χ0n) is 5.69. The van der Waals surface area contributed by atoms with Gasteiger partial charge in [0, 0.05) is 0 Å². The molecule has 0 radical (unpaired) electrons. The van der Waals surface area contributed by atoms with Crippen molar-refractivity contribution in [2.45, 2.75) is 26.4 Å². The molecule has 3 nitrogen and oxygen atoms in total. The fraction of sp³-hybridized carbons (Fsp3) is 1.00. The van der Waals surface area contributed by atoms with Crippen LogP contribution in [0.25, 0.3) is 0 Å². The molecular formula is C5H14N2O. The molecule has 0 bridgehead atoms. The van der Waals surface area contributed by atoms with Crippen molar-refractivity contribution in [3.05, 3.63) is 0 Å². The van der Waals surface area contributed by atoms with Gasteiger partial charge in [0.2, 0.25) is 0 Å². The first kappa shape index (κ1) is 7.88. The van der Waals surface area contributed by atoms with Crippen LogP contribution in [0.1, 0.15) is 20.8 Å². The number of rotatable bonds is 2. The summed E-state index contributed by atoms with van der Waals surface area (Å²) in [6.45, 7) is 6.34. The van der Waals surface area contributed by atoms with Crippen molar-refractivity contribution >= 4 is 0 Å². The van der Waals surface area contributed by atoms with Crippen molar-refractivity contribution in [1.82, 2.24) is 5.43 Å². The predicted octanol–water partition coefficient (Wildman–Crippen LogP) is 0.222. The minimum absolute atomic E-state index is 0.0909. The molecule has 0 aromatic carbocycles. The summed E-state index contributed by atoms with van der Waals surface area (Å²) in [5.74, 6) is 4.96. The molecule has 0 aliphatic heterocycles. The Morgan fingerprint density at radius 2 is 2.00 bits per heavy atom. The first-order valence-electron chi connectivity index (χ1n) is 2.64. The molecule has 0 unspecified atom stereocenters. The first-order chi connectivity index (χ1) is 3.56. The lowest BCUT2D eigenvalue weighted by Gasteiger charge is -2.18. The summed E-state index contributed by atoms with van der Waals surface area (Å²) in [6.07, 6.45) is 0. The number of hydrogen-bond acceptors (Lipinski definition) is 3. The molecule has 0 aromatic rings.